The fourth-order valence-corrected chi connectivity index (χ4v) is 16.4. The zero-order valence-electron chi connectivity index (χ0n) is 49.0. The van der Waals surface area contributed by atoms with Gasteiger partial charge in [0.25, 0.3) is 6.33 Å². The number of pyridine rings is 1. The van der Waals surface area contributed by atoms with Gasteiger partial charge < -0.3 is 4.74 Å². The molecule has 3 aromatic heterocycles. The highest BCUT2D eigenvalue weighted by Gasteiger charge is 2.54. The third-order valence-corrected chi connectivity index (χ3v) is 20.2. The standard InChI is InChI=1S/C83H65N4O/c1-6-22-57(23-7-1)70-33-20-34-71(58-24-8-2-9-25-58)81(70)63-49-67(85-55-86(78-39-19-18-38-77(78)85)82-72(59-26-10-3-11-27-59)35-21-36-73(82)60-28-12-4-13-29-60)52-69(50-63)88-68-42-43-75-74-32-16-17-37-76(74)87(79(75)53-68)80-51-65(44-45-84-80)83(64-30-14-5-15-31-64)54-61-41-40-56-46-62(61)48-66(83)47-56/h1-39,42-45,49-53,55-56,61-62,66H,40-41,46-48,54H2/q+1. The molecule has 3 aliphatic carbocycles. The Hall–Kier alpha value is -10.4. The van der Waals surface area contributed by atoms with Gasteiger partial charge in [0.2, 0.25) is 0 Å². The molecule has 3 bridgehead atoms. The van der Waals surface area contributed by atoms with E-state index in [4.69, 9.17) is 9.72 Å². The average molecular weight is 1130 g/mol. The summed E-state index contributed by atoms with van der Waals surface area (Å²) in [6.07, 6.45) is 12.3. The Bertz CT molecular complexity index is 4800. The van der Waals surface area contributed by atoms with E-state index in [9.17, 15) is 0 Å². The number of fused-ring (bicyclic) bond motifs is 6. The van der Waals surface area contributed by atoms with Crippen LogP contribution in [0.3, 0.4) is 0 Å². The van der Waals surface area contributed by atoms with Crippen LogP contribution in [0.1, 0.15) is 49.7 Å². The van der Waals surface area contributed by atoms with Gasteiger partial charge in [-0.3, -0.25) is 4.57 Å². The lowest BCUT2D eigenvalue weighted by atomic mass is 9.46. The van der Waals surface area contributed by atoms with Crippen LogP contribution in [-0.2, 0) is 5.41 Å². The van der Waals surface area contributed by atoms with Gasteiger partial charge in [-0.05, 0) is 166 Å². The van der Waals surface area contributed by atoms with E-state index in [1.54, 1.807) is 0 Å². The van der Waals surface area contributed by atoms with E-state index in [0.29, 0.717) is 5.92 Å². The molecule has 0 radical (unpaired) electrons. The lowest BCUT2D eigenvalue weighted by Gasteiger charge is -2.58. The third kappa shape index (κ3) is 8.82. The molecular weight excluding hydrogens is 1070 g/mol. The monoisotopic (exact) mass is 1130 g/mol. The SMILES string of the molecule is c1ccc(-c2cccc(-c3ccccc3)c2-c2cc(Oc3ccc4c5ccccc5n(-c5cc(C6(c7ccccc7)CC7CCC8CC7CC6C8)ccn5)c4c3)cc(-n3c[n+](-c4c(-c5ccccc5)cccc4-c4ccccc4)c4ccccc43)c2)cc1. The van der Waals surface area contributed by atoms with Crippen molar-refractivity contribution in [3.8, 4) is 84.3 Å². The summed E-state index contributed by atoms with van der Waals surface area (Å²) in [7, 11) is 0. The van der Waals surface area contributed by atoms with Gasteiger partial charge in [-0.25, -0.2) is 4.98 Å². The molecule has 0 aliphatic heterocycles. The zero-order valence-corrected chi connectivity index (χ0v) is 49.0. The highest BCUT2D eigenvalue weighted by molar-refractivity contribution is 6.09. The van der Waals surface area contributed by atoms with Crippen LogP contribution >= 0.6 is 0 Å². The zero-order chi connectivity index (χ0) is 58.1. The number of imidazole rings is 1. The third-order valence-electron chi connectivity index (χ3n) is 20.2. The van der Waals surface area contributed by atoms with Gasteiger partial charge in [0, 0.05) is 45.6 Å². The van der Waals surface area contributed by atoms with Crippen molar-refractivity contribution in [2.75, 3.05) is 0 Å². The van der Waals surface area contributed by atoms with E-state index in [1.165, 1.54) is 55.0 Å². The van der Waals surface area contributed by atoms with Gasteiger partial charge in [0.1, 0.15) is 28.7 Å². The molecular formula is C83H65N4O+. The molecule has 0 saturated heterocycles. The van der Waals surface area contributed by atoms with Crippen molar-refractivity contribution in [2.24, 2.45) is 23.7 Å². The largest absolute Gasteiger partial charge is 0.457 e. The van der Waals surface area contributed by atoms with Gasteiger partial charge >= 0.3 is 0 Å². The normalized spacial score (nSPS) is 18.7. The predicted octanol–water partition coefficient (Wildman–Crippen LogP) is 20.7. The molecule has 5 nitrogen and oxygen atoms in total. The fraction of sp³-hybridized carbons (Fsp3) is 0.133. The molecule has 3 heterocycles. The summed E-state index contributed by atoms with van der Waals surface area (Å²) in [5, 5.41) is 2.34. The number of nitrogens with zero attached hydrogens (tertiary/aromatic N) is 4. The van der Waals surface area contributed by atoms with E-state index >= 15 is 0 Å². The Morgan fingerprint density at radius 3 is 1.69 bits per heavy atom. The minimum atomic E-state index is -0.0752. The van der Waals surface area contributed by atoms with E-state index in [-0.39, 0.29) is 5.41 Å². The molecule has 0 spiro atoms. The summed E-state index contributed by atoms with van der Waals surface area (Å²) in [6, 6.07) is 104. The van der Waals surface area contributed by atoms with Crippen LogP contribution < -0.4 is 9.30 Å². The number of aromatic nitrogens is 4. The molecule has 3 aliphatic rings. The van der Waals surface area contributed by atoms with Crippen LogP contribution in [0.4, 0.5) is 0 Å². The molecule has 17 rings (SSSR count). The molecule has 14 aromatic rings. The second kappa shape index (κ2) is 21.6. The molecule has 11 aromatic carbocycles. The second-order valence-electron chi connectivity index (χ2n) is 24.9. The number of hydrogen-bond donors (Lipinski definition) is 0. The molecule has 5 heteroatoms. The molecule has 3 fully saturated rings. The van der Waals surface area contributed by atoms with E-state index in [2.05, 4.69) is 311 Å². The highest BCUT2D eigenvalue weighted by Crippen LogP contribution is 2.62. The topological polar surface area (TPSA) is 35.9 Å². The molecule has 5 unspecified atom stereocenters. The molecule has 88 heavy (non-hydrogen) atoms. The molecule has 422 valence electrons. The number of para-hydroxylation sites is 4. The van der Waals surface area contributed by atoms with Gasteiger partial charge in [0.05, 0.1) is 11.0 Å². The predicted molar refractivity (Wildman–Crippen MR) is 360 cm³/mol. The lowest BCUT2D eigenvalue weighted by molar-refractivity contribution is -0.566. The summed E-state index contributed by atoms with van der Waals surface area (Å²) in [5.74, 6) is 5.42. The first-order valence-corrected chi connectivity index (χ1v) is 31.5. The van der Waals surface area contributed by atoms with Crippen molar-refractivity contribution in [1.82, 2.24) is 14.1 Å². The number of benzene rings is 11. The minimum absolute atomic E-state index is 0.0752. The quantitative estimate of drug-likeness (QED) is 0.114. The van der Waals surface area contributed by atoms with Crippen LogP contribution in [0.25, 0.3) is 106 Å². The first-order chi connectivity index (χ1) is 43.6. The maximum atomic E-state index is 7.46. The molecule has 3 saturated carbocycles. The van der Waals surface area contributed by atoms with Crippen molar-refractivity contribution >= 4 is 32.8 Å². The van der Waals surface area contributed by atoms with Crippen LogP contribution in [-0.4, -0.2) is 14.1 Å². The first-order valence-electron chi connectivity index (χ1n) is 31.5. The van der Waals surface area contributed by atoms with Crippen molar-refractivity contribution in [2.45, 2.75) is 43.9 Å². The van der Waals surface area contributed by atoms with Crippen molar-refractivity contribution in [1.29, 1.82) is 0 Å². The molecule has 0 N–H and O–H groups in total. The number of rotatable bonds is 12. The summed E-state index contributed by atoms with van der Waals surface area (Å²) in [5.41, 5.74) is 20.5. The lowest BCUT2D eigenvalue weighted by Crippen LogP contribution is -2.51. The van der Waals surface area contributed by atoms with Crippen LogP contribution in [0.5, 0.6) is 11.5 Å². The Kier molecular flexibility index (Phi) is 12.7. The Labute approximate surface area is 514 Å². The van der Waals surface area contributed by atoms with E-state index in [0.717, 1.165) is 130 Å². The summed E-state index contributed by atoms with van der Waals surface area (Å²) in [4.78, 5) is 5.31. The average Bonchev–Trinajstić information content (AvgIpc) is 1.30. The number of hydrogen-bond acceptors (Lipinski definition) is 2. The minimum Gasteiger partial charge on any atom is -0.457 e. The Balaban J connectivity index is 0.863. The van der Waals surface area contributed by atoms with Crippen molar-refractivity contribution < 1.29 is 9.30 Å². The van der Waals surface area contributed by atoms with Crippen LogP contribution in [0, 0.1) is 23.7 Å². The van der Waals surface area contributed by atoms with Gasteiger partial charge in [-0.2, -0.15) is 9.13 Å². The van der Waals surface area contributed by atoms with Crippen molar-refractivity contribution in [3.63, 3.8) is 0 Å². The summed E-state index contributed by atoms with van der Waals surface area (Å²) in [6.45, 7) is 0. The smallest absolute Gasteiger partial charge is 0.255 e. The van der Waals surface area contributed by atoms with E-state index in [1.807, 2.05) is 0 Å². The summed E-state index contributed by atoms with van der Waals surface area (Å²) < 4.78 is 14.6. The van der Waals surface area contributed by atoms with E-state index < -0.39 is 0 Å². The summed E-state index contributed by atoms with van der Waals surface area (Å²) >= 11 is 0. The van der Waals surface area contributed by atoms with Gasteiger partial charge in [-0.1, -0.05) is 225 Å². The second-order valence-corrected chi connectivity index (χ2v) is 24.9. The molecule has 5 atom stereocenters. The van der Waals surface area contributed by atoms with Crippen LogP contribution in [0.2, 0.25) is 0 Å². The molecule has 0 amide bonds. The number of ether oxygens (including phenoxy) is 1. The fourth-order valence-electron chi connectivity index (χ4n) is 16.4. The highest BCUT2D eigenvalue weighted by atomic mass is 16.5. The van der Waals surface area contributed by atoms with Gasteiger partial charge in [-0.15, -0.1) is 0 Å². The Morgan fingerprint density at radius 2 is 1.01 bits per heavy atom. The maximum Gasteiger partial charge on any atom is 0.255 e. The van der Waals surface area contributed by atoms with Crippen molar-refractivity contribution in [3.05, 3.63) is 309 Å². The first kappa shape index (κ1) is 52.0. The van der Waals surface area contributed by atoms with Crippen LogP contribution in [0.15, 0.2) is 298 Å². The maximum absolute atomic E-state index is 7.46. The Morgan fingerprint density at radius 1 is 0.420 bits per heavy atom. The van der Waals surface area contributed by atoms with Gasteiger partial charge in [0.15, 0.2) is 11.0 Å².